The largest absolute Gasteiger partial charge is 0.573 e. The molecule has 0 saturated heterocycles. The maximum Gasteiger partial charge on any atom is 0.573 e. The van der Waals surface area contributed by atoms with E-state index < -0.39 is 17.9 Å². The average Bonchev–Trinajstić information content (AvgIpc) is 2.58. The fraction of sp³-hybridized carbons (Fsp3) is 0.300. The Balaban J connectivity index is 2.47. The van der Waals surface area contributed by atoms with Crippen LogP contribution in [0.2, 0.25) is 0 Å². The van der Waals surface area contributed by atoms with Crippen molar-refractivity contribution in [3.05, 3.63) is 23.8 Å². The minimum absolute atomic E-state index is 0.0579. The van der Waals surface area contributed by atoms with Crippen molar-refractivity contribution in [2.45, 2.75) is 19.7 Å². The second kappa shape index (κ2) is 3.90. The van der Waals surface area contributed by atoms with Crippen LogP contribution in [-0.2, 0) is 6.42 Å². The van der Waals surface area contributed by atoms with E-state index in [1.165, 1.54) is 0 Å². The highest BCUT2D eigenvalue weighted by molar-refractivity contribution is 5.74. The number of benzene rings is 1. The van der Waals surface area contributed by atoms with Crippen molar-refractivity contribution in [3.8, 4) is 5.75 Å². The molecule has 17 heavy (non-hydrogen) atoms. The maximum absolute atomic E-state index is 13.3. The van der Waals surface area contributed by atoms with Crippen molar-refractivity contribution in [3.63, 3.8) is 0 Å². The van der Waals surface area contributed by atoms with Gasteiger partial charge in [0.25, 0.3) is 0 Å². The molecule has 7 heteroatoms. The molecule has 0 amide bonds. The van der Waals surface area contributed by atoms with E-state index in [-0.39, 0.29) is 11.1 Å². The summed E-state index contributed by atoms with van der Waals surface area (Å²) in [6.07, 6.45) is -4.48. The lowest BCUT2D eigenvalue weighted by atomic mass is 10.3. The Bertz CT molecular complexity index is 547. The molecule has 0 aliphatic carbocycles. The first-order valence-corrected chi connectivity index (χ1v) is 4.73. The molecule has 92 valence electrons. The Morgan fingerprint density at radius 1 is 1.35 bits per heavy atom. The molecule has 0 fully saturated rings. The predicted molar refractivity (Wildman–Crippen MR) is 50.0 cm³/mol. The highest BCUT2D eigenvalue weighted by Gasteiger charge is 2.32. The summed E-state index contributed by atoms with van der Waals surface area (Å²) in [6.45, 7) is 1.76. The summed E-state index contributed by atoms with van der Waals surface area (Å²) >= 11 is 0. The Hall–Kier alpha value is -1.79. The third-order valence-electron chi connectivity index (χ3n) is 2.01. The molecule has 2 aromatic rings. The first kappa shape index (κ1) is 11.7. The number of alkyl halides is 3. The van der Waals surface area contributed by atoms with Gasteiger partial charge in [-0.25, -0.2) is 9.37 Å². The quantitative estimate of drug-likeness (QED) is 0.765. The van der Waals surface area contributed by atoms with E-state index in [4.69, 9.17) is 4.42 Å². The van der Waals surface area contributed by atoms with Crippen molar-refractivity contribution >= 4 is 11.1 Å². The molecule has 0 aliphatic heterocycles. The fourth-order valence-electron chi connectivity index (χ4n) is 1.33. The number of oxazole rings is 1. The number of ether oxygens (including phenoxy) is 1. The highest BCUT2D eigenvalue weighted by Crippen LogP contribution is 2.29. The number of rotatable bonds is 2. The van der Waals surface area contributed by atoms with Gasteiger partial charge < -0.3 is 9.15 Å². The molecule has 0 spiro atoms. The highest BCUT2D eigenvalue weighted by atomic mass is 19.4. The van der Waals surface area contributed by atoms with Crippen molar-refractivity contribution in [1.29, 1.82) is 0 Å². The van der Waals surface area contributed by atoms with Crippen molar-refractivity contribution < 1.29 is 26.7 Å². The van der Waals surface area contributed by atoms with Crippen LogP contribution in [0.15, 0.2) is 16.5 Å². The summed E-state index contributed by atoms with van der Waals surface area (Å²) < 4.78 is 57.8. The van der Waals surface area contributed by atoms with Crippen molar-refractivity contribution in [2.75, 3.05) is 0 Å². The van der Waals surface area contributed by atoms with Gasteiger partial charge in [-0.1, -0.05) is 6.92 Å². The zero-order chi connectivity index (χ0) is 12.6. The summed E-state index contributed by atoms with van der Waals surface area (Å²) in [5.41, 5.74) is 0.219. The summed E-state index contributed by atoms with van der Waals surface area (Å²) in [7, 11) is 0. The third kappa shape index (κ3) is 2.48. The minimum Gasteiger partial charge on any atom is -0.441 e. The number of hydrogen-bond donors (Lipinski definition) is 0. The van der Waals surface area contributed by atoms with E-state index in [0.717, 1.165) is 12.1 Å². The summed E-state index contributed by atoms with van der Waals surface area (Å²) in [5.74, 6) is -1.74. The van der Waals surface area contributed by atoms with Gasteiger partial charge in [0.05, 0.1) is 0 Å². The van der Waals surface area contributed by atoms with E-state index in [1.54, 1.807) is 6.92 Å². The van der Waals surface area contributed by atoms with Gasteiger partial charge >= 0.3 is 6.36 Å². The summed E-state index contributed by atoms with van der Waals surface area (Å²) in [6, 6.07) is 1.68. The second-order valence-corrected chi connectivity index (χ2v) is 3.26. The topological polar surface area (TPSA) is 35.3 Å². The minimum atomic E-state index is -4.94. The monoisotopic (exact) mass is 249 g/mol. The average molecular weight is 249 g/mol. The van der Waals surface area contributed by atoms with Crippen LogP contribution in [0.1, 0.15) is 12.8 Å². The van der Waals surface area contributed by atoms with Gasteiger partial charge in [-0.3, -0.25) is 0 Å². The summed E-state index contributed by atoms with van der Waals surface area (Å²) in [5, 5.41) is 0. The van der Waals surface area contributed by atoms with E-state index >= 15 is 0 Å². The maximum atomic E-state index is 13.3. The van der Waals surface area contributed by atoms with Crippen LogP contribution in [0.25, 0.3) is 11.1 Å². The van der Waals surface area contributed by atoms with Gasteiger partial charge in [-0.15, -0.1) is 13.2 Å². The number of aryl methyl sites for hydroxylation is 1. The zero-order valence-corrected chi connectivity index (χ0v) is 8.64. The second-order valence-electron chi connectivity index (χ2n) is 3.26. The summed E-state index contributed by atoms with van der Waals surface area (Å²) in [4.78, 5) is 3.89. The standard InChI is InChI=1S/C10H7F4NO2/c1-2-9-15-6-3-5(11)7(4-8(6)16-9)17-10(12,13)14/h3-4H,2H2,1H3. The predicted octanol–water partition coefficient (Wildman–Crippen LogP) is 3.43. The Morgan fingerprint density at radius 2 is 2.06 bits per heavy atom. The number of hydrogen-bond acceptors (Lipinski definition) is 3. The van der Waals surface area contributed by atoms with Gasteiger partial charge in [-0.05, 0) is 0 Å². The van der Waals surface area contributed by atoms with Crippen LogP contribution >= 0.6 is 0 Å². The number of fused-ring (bicyclic) bond motifs is 1. The Kier molecular flexibility index (Phi) is 2.68. The molecule has 2 rings (SSSR count). The number of aromatic nitrogens is 1. The zero-order valence-electron chi connectivity index (χ0n) is 8.64. The molecule has 0 bridgehead atoms. The van der Waals surface area contributed by atoms with Crippen LogP contribution in [0.3, 0.4) is 0 Å². The molecule has 0 atom stereocenters. The molecule has 0 aliphatic rings. The van der Waals surface area contributed by atoms with Crippen molar-refractivity contribution in [2.24, 2.45) is 0 Å². The molecular weight excluding hydrogens is 242 g/mol. The SMILES string of the molecule is CCc1nc2cc(F)c(OC(F)(F)F)cc2o1. The van der Waals surface area contributed by atoms with Gasteiger partial charge in [0.15, 0.2) is 23.0 Å². The van der Waals surface area contributed by atoms with Crippen LogP contribution in [-0.4, -0.2) is 11.3 Å². The van der Waals surface area contributed by atoms with Gasteiger partial charge in [0.2, 0.25) is 0 Å². The van der Waals surface area contributed by atoms with E-state index in [1.807, 2.05) is 0 Å². The molecular formula is C10H7F4NO2. The van der Waals surface area contributed by atoms with E-state index in [0.29, 0.717) is 12.3 Å². The van der Waals surface area contributed by atoms with Gasteiger partial charge in [-0.2, -0.15) is 0 Å². The molecule has 0 saturated carbocycles. The van der Waals surface area contributed by atoms with Crippen LogP contribution in [0.4, 0.5) is 17.6 Å². The Labute approximate surface area is 93.0 Å². The van der Waals surface area contributed by atoms with E-state index in [9.17, 15) is 17.6 Å². The molecule has 0 unspecified atom stereocenters. The van der Waals surface area contributed by atoms with Crippen LogP contribution < -0.4 is 4.74 Å². The lowest BCUT2D eigenvalue weighted by Gasteiger charge is -2.08. The molecule has 1 aromatic carbocycles. The molecule has 3 nitrogen and oxygen atoms in total. The smallest absolute Gasteiger partial charge is 0.441 e. The fourth-order valence-corrected chi connectivity index (χ4v) is 1.33. The normalized spacial score (nSPS) is 12.1. The van der Waals surface area contributed by atoms with Gasteiger partial charge in [0.1, 0.15) is 5.52 Å². The lowest BCUT2D eigenvalue weighted by molar-refractivity contribution is -0.275. The lowest BCUT2D eigenvalue weighted by Crippen LogP contribution is -2.17. The van der Waals surface area contributed by atoms with E-state index in [2.05, 4.69) is 9.72 Å². The van der Waals surface area contributed by atoms with Crippen molar-refractivity contribution in [1.82, 2.24) is 4.98 Å². The van der Waals surface area contributed by atoms with Crippen LogP contribution in [0.5, 0.6) is 5.75 Å². The third-order valence-corrected chi connectivity index (χ3v) is 2.01. The van der Waals surface area contributed by atoms with Gasteiger partial charge in [0, 0.05) is 18.6 Å². The first-order valence-electron chi connectivity index (χ1n) is 4.73. The number of nitrogens with zero attached hydrogens (tertiary/aromatic N) is 1. The Morgan fingerprint density at radius 3 is 2.65 bits per heavy atom. The molecule has 0 N–H and O–H groups in total. The number of halogens is 4. The van der Waals surface area contributed by atoms with Crippen LogP contribution in [0, 0.1) is 5.82 Å². The first-order chi connectivity index (χ1) is 7.89. The molecule has 1 aromatic heterocycles. The molecule has 1 heterocycles. The molecule has 0 radical (unpaired) electrons.